The third-order valence-corrected chi connectivity index (χ3v) is 5.95. The molecular formula is C19H23N3O7S. The average Bonchev–Trinajstić information content (AvgIpc) is 2.75. The third-order valence-electron chi connectivity index (χ3n) is 4.14. The lowest BCUT2D eigenvalue weighted by Gasteiger charge is -2.25. The fourth-order valence-corrected chi connectivity index (χ4v) is 4.28. The van der Waals surface area contributed by atoms with Crippen LogP contribution in [0.3, 0.4) is 0 Å². The third kappa shape index (κ3) is 4.98. The summed E-state index contributed by atoms with van der Waals surface area (Å²) in [5, 5.41) is 14.0. The number of rotatable bonds is 10. The highest BCUT2D eigenvalue weighted by Crippen LogP contribution is 2.37. The Balaban J connectivity index is 2.65. The molecular weight excluding hydrogens is 414 g/mol. The van der Waals surface area contributed by atoms with E-state index in [0.717, 1.165) is 16.4 Å². The van der Waals surface area contributed by atoms with Crippen LogP contribution < -0.4 is 19.1 Å². The molecule has 0 heterocycles. The van der Waals surface area contributed by atoms with Gasteiger partial charge in [0.25, 0.3) is 15.7 Å². The molecule has 1 N–H and O–H groups in total. The van der Waals surface area contributed by atoms with Crippen LogP contribution in [0.1, 0.15) is 13.3 Å². The molecule has 0 aliphatic heterocycles. The highest BCUT2D eigenvalue weighted by atomic mass is 32.2. The largest absolute Gasteiger partial charge is 0.497 e. The molecule has 0 saturated heterocycles. The second kappa shape index (κ2) is 9.92. The lowest BCUT2D eigenvalue weighted by molar-refractivity contribution is -0.387. The van der Waals surface area contributed by atoms with Crippen molar-refractivity contribution in [2.45, 2.75) is 18.2 Å². The van der Waals surface area contributed by atoms with Crippen molar-refractivity contribution in [1.82, 2.24) is 5.32 Å². The lowest BCUT2D eigenvalue weighted by Crippen LogP contribution is -2.41. The first kappa shape index (κ1) is 22.9. The Morgan fingerprint density at radius 1 is 1.17 bits per heavy atom. The molecule has 0 spiro atoms. The summed E-state index contributed by atoms with van der Waals surface area (Å²) in [4.78, 5) is 22.5. The summed E-state index contributed by atoms with van der Waals surface area (Å²) in [5.74, 6) is -0.0224. The molecule has 1 amide bonds. The SMILES string of the molecule is CCCNC(=O)CN(c1ccc(OC)cc1OC)S(=O)(=O)c1ccccc1[N+](=O)[O-]. The zero-order chi connectivity index (χ0) is 22.3. The number of carbonyl (C=O) groups is 1. The molecule has 10 nitrogen and oxygen atoms in total. The number of amides is 1. The first-order chi connectivity index (χ1) is 14.3. The monoisotopic (exact) mass is 437 g/mol. The van der Waals surface area contributed by atoms with Crippen LogP contribution in [0.4, 0.5) is 11.4 Å². The predicted molar refractivity (Wildman–Crippen MR) is 110 cm³/mol. The summed E-state index contributed by atoms with van der Waals surface area (Å²) in [6, 6.07) is 9.33. The maximum absolute atomic E-state index is 13.4. The Bertz CT molecular complexity index is 1020. The minimum atomic E-state index is -4.49. The predicted octanol–water partition coefficient (Wildman–Crippen LogP) is 2.33. The summed E-state index contributed by atoms with van der Waals surface area (Å²) >= 11 is 0. The first-order valence-corrected chi connectivity index (χ1v) is 10.4. The van der Waals surface area contributed by atoms with E-state index in [4.69, 9.17) is 9.47 Å². The molecule has 30 heavy (non-hydrogen) atoms. The van der Waals surface area contributed by atoms with Gasteiger partial charge in [-0.1, -0.05) is 19.1 Å². The number of carbonyl (C=O) groups excluding carboxylic acids is 1. The number of anilines is 1. The number of methoxy groups -OCH3 is 2. The van der Waals surface area contributed by atoms with Crippen LogP contribution in [0.15, 0.2) is 47.4 Å². The quantitative estimate of drug-likeness (QED) is 0.446. The summed E-state index contributed by atoms with van der Waals surface area (Å²) in [7, 11) is -1.71. The van der Waals surface area contributed by atoms with E-state index in [1.807, 2.05) is 6.92 Å². The molecule has 0 saturated carbocycles. The van der Waals surface area contributed by atoms with E-state index < -0.39 is 38.0 Å². The van der Waals surface area contributed by atoms with Gasteiger partial charge in [0.05, 0.1) is 24.8 Å². The van der Waals surface area contributed by atoms with Gasteiger partial charge in [-0.3, -0.25) is 19.2 Å². The molecule has 0 atom stereocenters. The van der Waals surface area contributed by atoms with Gasteiger partial charge >= 0.3 is 0 Å². The van der Waals surface area contributed by atoms with Crippen LogP contribution in [0.5, 0.6) is 11.5 Å². The summed E-state index contributed by atoms with van der Waals surface area (Å²) < 4.78 is 38.1. The lowest BCUT2D eigenvalue weighted by atomic mass is 10.2. The average molecular weight is 437 g/mol. The minimum absolute atomic E-state index is 0.0445. The number of hydrogen-bond donors (Lipinski definition) is 1. The van der Waals surface area contributed by atoms with Gasteiger partial charge in [-0.2, -0.15) is 0 Å². The van der Waals surface area contributed by atoms with Crippen LogP contribution in [0.2, 0.25) is 0 Å². The van der Waals surface area contributed by atoms with Crippen LogP contribution in [-0.4, -0.2) is 46.6 Å². The number of hydrogen-bond acceptors (Lipinski definition) is 7. The molecule has 0 aliphatic rings. The molecule has 0 bridgehead atoms. The zero-order valence-corrected chi connectivity index (χ0v) is 17.6. The molecule has 0 aromatic heterocycles. The van der Waals surface area contributed by atoms with Crippen molar-refractivity contribution in [2.24, 2.45) is 0 Å². The van der Waals surface area contributed by atoms with Crippen LogP contribution >= 0.6 is 0 Å². The minimum Gasteiger partial charge on any atom is -0.497 e. The fraction of sp³-hybridized carbons (Fsp3) is 0.316. The van der Waals surface area contributed by atoms with E-state index in [9.17, 15) is 23.3 Å². The normalized spacial score (nSPS) is 10.9. The Hall–Kier alpha value is -3.34. The van der Waals surface area contributed by atoms with Crippen LogP contribution in [0.25, 0.3) is 0 Å². The van der Waals surface area contributed by atoms with E-state index in [2.05, 4.69) is 5.32 Å². The molecule has 0 unspecified atom stereocenters. The second-order valence-electron chi connectivity index (χ2n) is 6.12. The van der Waals surface area contributed by atoms with E-state index in [-0.39, 0.29) is 11.4 Å². The topological polar surface area (TPSA) is 128 Å². The molecule has 11 heteroatoms. The molecule has 0 radical (unpaired) electrons. The summed E-state index contributed by atoms with van der Waals surface area (Å²) in [6.45, 7) is 1.63. The van der Waals surface area contributed by atoms with Crippen molar-refractivity contribution in [3.63, 3.8) is 0 Å². The molecule has 2 rings (SSSR count). The van der Waals surface area contributed by atoms with Gasteiger partial charge in [0.15, 0.2) is 4.90 Å². The van der Waals surface area contributed by atoms with Crippen molar-refractivity contribution in [1.29, 1.82) is 0 Å². The van der Waals surface area contributed by atoms with Gasteiger partial charge in [-0.25, -0.2) is 8.42 Å². The van der Waals surface area contributed by atoms with Gasteiger partial charge in [-0.05, 0) is 24.6 Å². The summed E-state index contributed by atoms with van der Waals surface area (Å²) in [5.41, 5.74) is -0.549. The maximum atomic E-state index is 13.4. The Morgan fingerprint density at radius 3 is 2.47 bits per heavy atom. The number of nitrogens with one attached hydrogen (secondary N) is 1. The highest BCUT2D eigenvalue weighted by molar-refractivity contribution is 7.93. The van der Waals surface area contributed by atoms with Crippen molar-refractivity contribution >= 4 is 27.3 Å². The number of nitrogens with zero attached hydrogens (tertiary/aromatic N) is 2. The van der Waals surface area contributed by atoms with E-state index in [0.29, 0.717) is 18.7 Å². The van der Waals surface area contributed by atoms with Crippen LogP contribution in [0, 0.1) is 10.1 Å². The second-order valence-corrected chi connectivity index (χ2v) is 7.95. The van der Waals surface area contributed by atoms with Gasteiger partial charge < -0.3 is 14.8 Å². The molecule has 2 aromatic carbocycles. The Labute approximate surface area is 174 Å². The summed E-state index contributed by atoms with van der Waals surface area (Å²) in [6.07, 6.45) is 0.661. The van der Waals surface area contributed by atoms with Crippen molar-refractivity contribution < 1.29 is 27.6 Å². The van der Waals surface area contributed by atoms with Crippen molar-refractivity contribution in [3.8, 4) is 11.5 Å². The van der Waals surface area contributed by atoms with Gasteiger partial charge in [0, 0.05) is 18.7 Å². The Morgan fingerprint density at radius 2 is 1.87 bits per heavy atom. The fourth-order valence-electron chi connectivity index (χ4n) is 2.69. The molecule has 2 aromatic rings. The maximum Gasteiger partial charge on any atom is 0.289 e. The number of para-hydroxylation sites is 1. The van der Waals surface area contributed by atoms with E-state index in [1.165, 1.54) is 44.6 Å². The molecule has 162 valence electrons. The molecule has 0 fully saturated rings. The number of ether oxygens (including phenoxy) is 2. The number of benzene rings is 2. The number of nitro benzene ring substituents is 1. The van der Waals surface area contributed by atoms with Gasteiger partial charge in [-0.15, -0.1) is 0 Å². The number of nitro groups is 1. The van der Waals surface area contributed by atoms with Crippen LogP contribution in [-0.2, 0) is 14.8 Å². The van der Waals surface area contributed by atoms with Gasteiger partial charge in [0.2, 0.25) is 5.91 Å². The standard InChI is InChI=1S/C19H23N3O7S/c1-4-11-20-19(23)13-21(15-10-9-14(28-2)12-17(15)29-3)30(26,27)18-8-6-5-7-16(18)22(24)25/h5-10,12H,4,11,13H2,1-3H3,(H,20,23). The number of sulfonamides is 1. The molecule has 0 aliphatic carbocycles. The van der Waals surface area contributed by atoms with Gasteiger partial charge in [0.1, 0.15) is 18.0 Å². The highest BCUT2D eigenvalue weighted by Gasteiger charge is 2.34. The smallest absolute Gasteiger partial charge is 0.289 e. The van der Waals surface area contributed by atoms with Crippen molar-refractivity contribution in [3.05, 3.63) is 52.6 Å². The first-order valence-electron chi connectivity index (χ1n) is 9.01. The van der Waals surface area contributed by atoms with E-state index >= 15 is 0 Å². The van der Waals surface area contributed by atoms with E-state index in [1.54, 1.807) is 0 Å². The van der Waals surface area contributed by atoms with Crippen molar-refractivity contribution in [2.75, 3.05) is 31.6 Å². The zero-order valence-electron chi connectivity index (χ0n) is 16.8. The Kier molecular flexibility index (Phi) is 7.59.